The monoisotopic (exact) mass is 385 g/mol. The number of aryl methyl sites for hydroxylation is 1. The molecule has 142 valence electrons. The normalized spacial score (nSPS) is 16.1. The van der Waals surface area contributed by atoms with Crippen LogP contribution in [0.25, 0.3) is 22.2 Å². The van der Waals surface area contributed by atoms with Gasteiger partial charge in [-0.3, -0.25) is 4.31 Å². The second kappa shape index (κ2) is 6.49. The van der Waals surface area contributed by atoms with Crippen LogP contribution in [0.1, 0.15) is 13.3 Å². The fourth-order valence-corrected chi connectivity index (χ4v) is 5.40. The third kappa shape index (κ3) is 2.82. The fraction of sp³-hybridized carbons (Fsp3) is 0.300. The SMILES string of the molecule is CCn1c(-c2ccc(N3CCCS3(=O)=O)cc2)c(N)c2ccc(OC)cc21. The highest BCUT2D eigenvalue weighted by atomic mass is 32.2. The van der Waals surface area contributed by atoms with Crippen LogP contribution in [0.5, 0.6) is 5.75 Å². The van der Waals surface area contributed by atoms with Crippen molar-refractivity contribution >= 4 is 32.3 Å². The van der Waals surface area contributed by atoms with Gasteiger partial charge in [0.2, 0.25) is 10.0 Å². The van der Waals surface area contributed by atoms with E-state index >= 15 is 0 Å². The van der Waals surface area contributed by atoms with E-state index in [1.165, 1.54) is 4.31 Å². The number of hydrogen-bond donors (Lipinski definition) is 1. The number of nitrogens with zero attached hydrogens (tertiary/aromatic N) is 2. The zero-order chi connectivity index (χ0) is 19.2. The number of fused-ring (bicyclic) bond motifs is 1. The minimum Gasteiger partial charge on any atom is -0.497 e. The van der Waals surface area contributed by atoms with Crippen LogP contribution >= 0.6 is 0 Å². The predicted molar refractivity (Wildman–Crippen MR) is 110 cm³/mol. The number of ether oxygens (including phenoxy) is 1. The van der Waals surface area contributed by atoms with Gasteiger partial charge < -0.3 is 15.0 Å². The summed E-state index contributed by atoms with van der Waals surface area (Å²) in [5.41, 5.74) is 10.8. The molecule has 1 aliphatic heterocycles. The number of methoxy groups -OCH3 is 1. The third-order valence-corrected chi connectivity index (χ3v) is 7.02. The summed E-state index contributed by atoms with van der Waals surface area (Å²) in [5, 5.41) is 0.985. The molecule has 6 nitrogen and oxygen atoms in total. The Balaban J connectivity index is 1.81. The van der Waals surface area contributed by atoms with Crippen molar-refractivity contribution in [2.45, 2.75) is 19.9 Å². The average molecular weight is 385 g/mol. The molecular formula is C20H23N3O3S. The van der Waals surface area contributed by atoms with E-state index in [4.69, 9.17) is 10.5 Å². The first-order valence-corrected chi connectivity index (χ1v) is 10.6. The van der Waals surface area contributed by atoms with Crippen molar-refractivity contribution < 1.29 is 13.2 Å². The molecule has 0 saturated carbocycles. The maximum absolute atomic E-state index is 12.1. The minimum atomic E-state index is -3.18. The molecule has 2 aromatic carbocycles. The van der Waals surface area contributed by atoms with Gasteiger partial charge in [0, 0.05) is 30.1 Å². The summed E-state index contributed by atoms with van der Waals surface area (Å²) >= 11 is 0. The van der Waals surface area contributed by atoms with Gasteiger partial charge in [-0.15, -0.1) is 0 Å². The highest BCUT2D eigenvalue weighted by Crippen LogP contribution is 2.38. The molecular weight excluding hydrogens is 362 g/mol. The van der Waals surface area contributed by atoms with Gasteiger partial charge in [0.05, 0.1) is 35.4 Å². The number of hydrogen-bond acceptors (Lipinski definition) is 4. The lowest BCUT2D eigenvalue weighted by atomic mass is 10.1. The molecule has 0 atom stereocenters. The van der Waals surface area contributed by atoms with Crippen LogP contribution in [0.3, 0.4) is 0 Å². The molecule has 0 spiro atoms. The predicted octanol–water partition coefficient (Wildman–Crippen LogP) is 3.46. The van der Waals surface area contributed by atoms with E-state index in [1.807, 2.05) is 42.5 Å². The Morgan fingerprint density at radius 3 is 2.48 bits per heavy atom. The first-order valence-electron chi connectivity index (χ1n) is 9.03. The standard InChI is InChI=1S/C20H23N3O3S/c1-3-22-18-13-16(26-2)9-10-17(18)19(21)20(22)14-5-7-15(8-6-14)23-11-4-12-27(23,24)25/h5-10,13H,3-4,11-12,21H2,1-2H3. The summed E-state index contributed by atoms with van der Waals surface area (Å²) in [7, 11) is -1.53. The molecule has 0 aliphatic carbocycles. The minimum absolute atomic E-state index is 0.216. The summed E-state index contributed by atoms with van der Waals surface area (Å²) < 4.78 is 33.3. The van der Waals surface area contributed by atoms with Gasteiger partial charge >= 0.3 is 0 Å². The molecule has 4 rings (SSSR count). The quantitative estimate of drug-likeness (QED) is 0.746. The lowest BCUT2D eigenvalue weighted by Gasteiger charge is -2.17. The fourth-order valence-electron chi connectivity index (χ4n) is 3.84. The molecule has 0 radical (unpaired) electrons. The van der Waals surface area contributed by atoms with E-state index in [0.29, 0.717) is 18.7 Å². The topological polar surface area (TPSA) is 77.6 Å². The second-order valence-corrected chi connectivity index (χ2v) is 8.69. The summed E-state index contributed by atoms with van der Waals surface area (Å²) in [6, 6.07) is 13.5. The van der Waals surface area contributed by atoms with E-state index in [2.05, 4.69) is 11.5 Å². The molecule has 0 bridgehead atoms. The number of nitrogen functional groups attached to an aromatic ring is 1. The van der Waals surface area contributed by atoms with Crippen molar-refractivity contribution in [2.24, 2.45) is 0 Å². The second-order valence-electron chi connectivity index (χ2n) is 6.68. The van der Waals surface area contributed by atoms with Crippen molar-refractivity contribution in [1.82, 2.24) is 4.57 Å². The molecule has 3 aromatic rings. The van der Waals surface area contributed by atoms with Gasteiger partial charge in [0.1, 0.15) is 5.75 Å². The van der Waals surface area contributed by atoms with Crippen molar-refractivity contribution in [3.05, 3.63) is 42.5 Å². The van der Waals surface area contributed by atoms with Gasteiger partial charge in [-0.1, -0.05) is 12.1 Å². The Morgan fingerprint density at radius 2 is 1.89 bits per heavy atom. The maximum Gasteiger partial charge on any atom is 0.235 e. The zero-order valence-corrected chi connectivity index (χ0v) is 16.3. The van der Waals surface area contributed by atoms with Crippen molar-refractivity contribution in [2.75, 3.05) is 29.4 Å². The van der Waals surface area contributed by atoms with Crippen LogP contribution in [-0.4, -0.2) is 32.4 Å². The van der Waals surface area contributed by atoms with Gasteiger partial charge in [0.15, 0.2) is 0 Å². The van der Waals surface area contributed by atoms with Crippen molar-refractivity contribution in [3.8, 4) is 17.0 Å². The summed E-state index contributed by atoms with van der Waals surface area (Å²) in [5.74, 6) is 1.00. The van der Waals surface area contributed by atoms with E-state index < -0.39 is 10.0 Å². The Hall–Kier alpha value is -2.67. The highest BCUT2D eigenvalue weighted by Gasteiger charge is 2.28. The molecule has 0 amide bonds. The van der Waals surface area contributed by atoms with Crippen LogP contribution in [-0.2, 0) is 16.6 Å². The Bertz CT molecular complexity index is 1100. The lowest BCUT2D eigenvalue weighted by molar-refractivity contribution is 0.415. The van der Waals surface area contributed by atoms with Crippen molar-refractivity contribution in [1.29, 1.82) is 0 Å². The van der Waals surface area contributed by atoms with Crippen LogP contribution in [0.15, 0.2) is 42.5 Å². The van der Waals surface area contributed by atoms with Crippen LogP contribution in [0, 0.1) is 0 Å². The van der Waals surface area contributed by atoms with Gasteiger partial charge in [-0.2, -0.15) is 0 Å². The number of rotatable bonds is 4. The molecule has 27 heavy (non-hydrogen) atoms. The molecule has 2 N–H and O–H groups in total. The molecule has 7 heteroatoms. The maximum atomic E-state index is 12.1. The molecule has 2 heterocycles. The summed E-state index contributed by atoms with van der Waals surface area (Å²) in [4.78, 5) is 0. The Morgan fingerprint density at radius 1 is 1.15 bits per heavy atom. The highest BCUT2D eigenvalue weighted by molar-refractivity contribution is 7.93. The third-order valence-electron chi connectivity index (χ3n) is 5.16. The van der Waals surface area contributed by atoms with E-state index in [0.717, 1.165) is 40.1 Å². The zero-order valence-electron chi connectivity index (χ0n) is 15.5. The number of sulfonamides is 1. The number of nitrogens with two attached hydrogens (primary N) is 1. The van der Waals surface area contributed by atoms with Crippen LogP contribution in [0.2, 0.25) is 0 Å². The molecule has 1 aromatic heterocycles. The van der Waals surface area contributed by atoms with Crippen molar-refractivity contribution in [3.63, 3.8) is 0 Å². The first kappa shape index (κ1) is 17.7. The summed E-state index contributed by atoms with van der Waals surface area (Å²) in [6.07, 6.45) is 0.670. The van der Waals surface area contributed by atoms with Crippen LogP contribution in [0.4, 0.5) is 11.4 Å². The Labute approximate surface area is 159 Å². The number of benzene rings is 2. The lowest BCUT2D eigenvalue weighted by Crippen LogP contribution is -2.24. The molecule has 1 aliphatic rings. The largest absolute Gasteiger partial charge is 0.497 e. The van der Waals surface area contributed by atoms with E-state index in [1.54, 1.807) is 7.11 Å². The smallest absolute Gasteiger partial charge is 0.235 e. The Kier molecular flexibility index (Phi) is 4.26. The van der Waals surface area contributed by atoms with E-state index in [9.17, 15) is 8.42 Å². The van der Waals surface area contributed by atoms with Gasteiger partial charge in [0.25, 0.3) is 0 Å². The van der Waals surface area contributed by atoms with Gasteiger partial charge in [-0.05, 0) is 37.6 Å². The summed E-state index contributed by atoms with van der Waals surface area (Å²) in [6.45, 7) is 3.38. The molecule has 0 unspecified atom stereocenters. The number of aromatic nitrogens is 1. The molecule has 1 saturated heterocycles. The molecule has 1 fully saturated rings. The number of anilines is 2. The first-order chi connectivity index (χ1) is 13.0. The van der Waals surface area contributed by atoms with Gasteiger partial charge in [-0.25, -0.2) is 8.42 Å². The average Bonchev–Trinajstić information content (AvgIpc) is 3.17. The van der Waals surface area contributed by atoms with E-state index in [-0.39, 0.29) is 5.75 Å². The van der Waals surface area contributed by atoms with Crippen LogP contribution < -0.4 is 14.8 Å².